The monoisotopic (exact) mass is 254 g/mol. The van der Waals surface area contributed by atoms with Gasteiger partial charge in [-0.15, -0.1) is 0 Å². The van der Waals surface area contributed by atoms with E-state index < -0.39 is 17.3 Å². The molecule has 1 rings (SSSR count). The van der Waals surface area contributed by atoms with Gasteiger partial charge in [0.25, 0.3) is 0 Å². The second-order valence-corrected chi connectivity index (χ2v) is 4.05. The summed E-state index contributed by atoms with van der Waals surface area (Å²) in [6.07, 6.45) is 1.44. The van der Waals surface area contributed by atoms with Crippen LogP contribution in [-0.4, -0.2) is 34.0 Å². The highest BCUT2D eigenvalue weighted by Crippen LogP contribution is 2.31. The Kier molecular flexibility index (Phi) is 4.78. The molecular formula is C13H19FN2O2. The molecule has 0 aliphatic heterocycles. The van der Waals surface area contributed by atoms with E-state index in [1.165, 1.54) is 12.1 Å². The molecule has 0 spiro atoms. The Labute approximate surface area is 106 Å². The van der Waals surface area contributed by atoms with E-state index in [1.54, 1.807) is 6.92 Å². The molecule has 0 bridgehead atoms. The zero-order valence-corrected chi connectivity index (χ0v) is 11.0. The average molecular weight is 254 g/mol. The van der Waals surface area contributed by atoms with E-state index in [2.05, 4.69) is 4.98 Å². The standard InChI is InChI=1S/C13H19FN2O2/c1-4-13(12(17)18,16(5-2)6-3)11-8-7-10(14)9-15-11/h7-9H,4-6H2,1-3H3,(H,17,18). The molecule has 1 aromatic heterocycles. The molecule has 100 valence electrons. The third-order valence-corrected chi connectivity index (χ3v) is 3.32. The lowest BCUT2D eigenvalue weighted by Gasteiger charge is -2.38. The van der Waals surface area contributed by atoms with Crippen LogP contribution in [-0.2, 0) is 10.3 Å². The van der Waals surface area contributed by atoms with Crippen LogP contribution in [0.15, 0.2) is 18.3 Å². The van der Waals surface area contributed by atoms with E-state index in [0.717, 1.165) is 6.20 Å². The molecule has 1 aromatic rings. The van der Waals surface area contributed by atoms with Crippen LogP contribution in [0.5, 0.6) is 0 Å². The van der Waals surface area contributed by atoms with E-state index in [9.17, 15) is 14.3 Å². The van der Waals surface area contributed by atoms with Crippen molar-refractivity contribution in [3.8, 4) is 0 Å². The molecule has 1 N–H and O–H groups in total. The first-order valence-electron chi connectivity index (χ1n) is 6.13. The van der Waals surface area contributed by atoms with Crippen molar-refractivity contribution in [1.29, 1.82) is 0 Å². The van der Waals surface area contributed by atoms with Crippen molar-refractivity contribution >= 4 is 5.97 Å². The van der Waals surface area contributed by atoms with Gasteiger partial charge in [0.05, 0.1) is 11.9 Å². The molecule has 18 heavy (non-hydrogen) atoms. The molecule has 0 aliphatic carbocycles. The van der Waals surface area contributed by atoms with Crippen LogP contribution >= 0.6 is 0 Å². The Hall–Kier alpha value is -1.49. The first kappa shape index (κ1) is 14.6. The summed E-state index contributed by atoms with van der Waals surface area (Å²) in [4.78, 5) is 17.5. The van der Waals surface area contributed by atoms with Gasteiger partial charge in [-0.25, -0.2) is 9.18 Å². The van der Waals surface area contributed by atoms with E-state index in [1.807, 2.05) is 18.7 Å². The molecule has 0 aromatic carbocycles. The van der Waals surface area contributed by atoms with Crippen molar-refractivity contribution in [2.75, 3.05) is 13.1 Å². The van der Waals surface area contributed by atoms with Gasteiger partial charge in [0.15, 0.2) is 5.54 Å². The molecule has 0 amide bonds. The minimum absolute atomic E-state index is 0.377. The van der Waals surface area contributed by atoms with Crippen LogP contribution in [0.4, 0.5) is 4.39 Å². The fraction of sp³-hybridized carbons (Fsp3) is 0.538. The number of likely N-dealkylation sites (N-methyl/N-ethyl adjacent to an activating group) is 1. The summed E-state index contributed by atoms with van der Waals surface area (Å²) in [7, 11) is 0. The summed E-state index contributed by atoms with van der Waals surface area (Å²) in [6.45, 7) is 6.80. The maximum Gasteiger partial charge on any atom is 0.330 e. The molecular weight excluding hydrogens is 235 g/mol. The summed E-state index contributed by atoms with van der Waals surface area (Å²) >= 11 is 0. The fourth-order valence-electron chi connectivity index (χ4n) is 2.35. The quantitative estimate of drug-likeness (QED) is 0.846. The van der Waals surface area contributed by atoms with Gasteiger partial charge in [-0.3, -0.25) is 9.88 Å². The second-order valence-electron chi connectivity index (χ2n) is 4.05. The summed E-state index contributed by atoms with van der Waals surface area (Å²) in [5, 5.41) is 9.60. The number of nitrogens with zero attached hydrogens (tertiary/aromatic N) is 2. The number of aromatic nitrogens is 1. The smallest absolute Gasteiger partial charge is 0.330 e. The zero-order valence-electron chi connectivity index (χ0n) is 11.0. The van der Waals surface area contributed by atoms with Gasteiger partial charge in [-0.2, -0.15) is 0 Å². The fourth-order valence-corrected chi connectivity index (χ4v) is 2.35. The zero-order chi connectivity index (χ0) is 13.8. The lowest BCUT2D eigenvalue weighted by Crippen LogP contribution is -2.52. The van der Waals surface area contributed by atoms with Crippen LogP contribution in [0.1, 0.15) is 32.9 Å². The topological polar surface area (TPSA) is 53.4 Å². The number of hydrogen-bond donors (Lipinski definition) is 1. The van der Waals surface area contributed by atoms with Gasteiger partial charge < -0.3 is 5.11 Å². The largest absolute Gasteiger partial charge is 0.480 e. The van der Waals surface area contributed by atoms with Crippen molar-refractivity contribution < 1.29 is 14.3 Å². The first-order chi connectivity index (χ1) is 8.52. The van der Waals surface area contributed by atoms with Gasteiger partial charge in [-0.1, -0.05) is 20.8 Å². The number of hydrogen-bond acceptors (Lipinski definition) is 3. The van der Waals surface area contributed by atoms with Crippen molar-refractivity contribution in [3.63, 3.8) is 0 Å². The normalized spacial score (nSPS) is 14.5. The highest BCUT2D eigenvalue weighted by molar-refractivity contribution is 5.80. The van der Waals surface area contributed by atoms with Gasteiger partial charge in [0.2, 0.25) is 0 Å². The van der Waals surface area contributed by atoms with Crippen molar-refractivity contribution in [2.24, 2.45) is 0 Å². The minimum Gasteiger partial charge on any atom is -0.480 e. The molecule has 0 fully saturated rings. The Morgan fingerprint density at radius 3 is 2.33 bits per heavy atom. The third kappa shape index (κ3) is 2.36. The molecule has 0 saturated carbocycles. The van der Waals surface area contributed by atoms with Crippen molar-refractivity contribution in [1.82, 2.24) is 9.88 Å². The highest BCUT2D eigenvalue weighted by atomic mass is 19.1. The van der Waals surface area contributed by atoms with Crippen LogP contribution in [0.25, 0.3) is 0 Å². The number of carbonyl (C=O) groups is 1. The van der Waals surface area contributed by atoms with Crippen LogP contribution in [0, 0.1) is 5.82 Å². The molecule has 0 radical (unpaired) electrons. The highest BCUT2D eigenvalue weighted by Gasteiger charge is 2.44. The molecule has 4 nitrogen and oxygen atoms in total. The Morgan fingerprint density at radius 2 is 2.00 bits per heavy atom. The van der Waals surface area contributed by atoms with Crippen LogP contribution < -0.4 is 0 Å². The number of halogens is 1. The third-order valence-electron chi connectivity index (χ3n) is 3.32. The number of carboxylic acids is 1. The van der Waals surface area contributed by atoms with Crippen molar-refractivity contribution in [3.05, 3.63) is 29.8 Å². The summed E-state index contributed by atoms with van der Waals surface area (Å²) < 4.78 is 12.9. The van der Waals surface area contributed by atoms with Gasteiger partial charge >= 0.3 is 5.97 Å². The van der Waals surface area contributed by atoms with Crippen LogP contribution in [0.3, 0.4) is 0 Å². The summed E-state index contributed by atoms with van der Waals surface area (Å²) in [6, 6.07) is 2.70. The maximum atomic E-state index is 12.9. The lowest BCUT2D eigenvalue weighted by molar-refractivity contribution is -0.153. The summed E-state index contributed by atoms with van der Waals surface area (Å²) in [5.41, 5.74) is -0.806. The van der Waals surface area contributed by atoms with E-state index in [4.69, 9.17) is 0 Å². The molecule has 1 heterocycles. The Morgan fingerprint density at radius 1 is 1.39 bits per heavy atom. The predicted molar refractivity (Wildman–Crippen MR) is 66.7 cm³/mol. The SMILES string of the molecule is CCN(CC)C(CC)(C(=O)O)c1ccc(F)cn1. The number of aliphatic carboxylic acids is 1. The Bertz CT molecular complexity index is 404. The second kappa shape index (κ2) is 5.91. The molecule has 0 saturated heterocycles. The van der Waals surface area contributed by atoms with Crippen molar-refractivity contribution in [2.45, 2.75) is 32.7 Å². The number of pyridine rings is 1. The molecule has 5 heteroatoms. The molecule has 0 aliphatic rings. The molecule has 1 unspecified atom stereocenters. The number of carboxylic acid groups (broad SMARTS) is 1. The van der Waals surface area contributed by atoms with E-state index >= 15 is 0 Å². The first-order valence-corrected chi connectivity index (χ1v) is 6.13. The lowest BCUT2D eigenvalue weighted by atomic mass is 9.89. The van der Waals surface area contributed by atoms with E-state index in [-0.39, 0.29) is 0 Å². The maximum absolute atomic E-state index is 12.9. The number of rotatable bonds is 6. The Balaban J connectivity index is 3.35. The van der Waals surface area contributed by atoms with Gasteiger partial charge in [-0.05, 0) is 31.6 Å². The molecule has 1 atom stereocenters. The van der Waals surface area contributed by atoms with Crippen LogP contribution in [0.2, 0.25) is 0 Å². The van der Waals surface area contributed by atoms with E-state index in [0.29, 0.717) is 25.2 Å². The van der Waals surface area contributed by atoms with Gasteiger partial charge in [0, 0.05) is 0 Å². The summed E-state index contributed by atoms with van der Waals surface area (Å²) in [5.74, 6) is -1.42. The van der Waals surface area contributed by atoms with Gasteiger partial charge in [0.1, 0.15) is 5.82 Å². The minimum atomic E-state index is -1.18. The predicted octanol–water partition coefficient (Wildman–Crippen LogP) is 2.25. The average Bonchev–Trinajstić information content (AvgIpc) is 2.36.